The number of amides is 2. The summed E-state index contributed by atoms with van der Waals surface area (Å²) in [6, 6.07) is 23.4. The Morgan fingerprint density at radius 3 is 2.49 bits per heavy atom. The summed E-state index contributed by atoms with van der Waals surface area (Å²) >= 11 is 0. The predicted octanol–water partition coefficient (Wildman–Crippen LogP) is 5.97. The van der Waals surface area contributed by atoms with Gasteiger partial charge in [-0.15, -0.1) is 0 Å². The van der Waals surface area contributed by atoms with Crippen LogP contribution in [-0.2, 0) is 37.6 Å². The van der Waals surface area contributed by atoms with Crippen LogP contribution in [0.1, 0.15) is 49.4 Å². The lowest BCUT2D eigenvalue weighted by molar-refractivity contribution is -0.121. The molecule has 2 amide bonds. The van der Waals surface area contributed by atoms with Crippen molar-refractivity contribution in [2.75, 3.05) is 30.6 Å². The number of likely N-dealkylation sites (N-methyl/N-ethyl adjacent to an activating group) is 1. The van der Waals surface area contributed by atoms with Crippen molar-refractivity contribution in [1.82, 2.24) is 5.32 Å². The highest BCUT2D eigenvalue weighted by Gasteiger charge is 2.54. The quantitative estimate of drug-likeness (QED) is 0.263. The van der Waals surface area contributed by atoms with Gasteiger partial charge in [0.2, 0.25) is 5.91 Å². The minimum atomic E-state index is -0.952. The number of benzene rings is 3. The molecule has 2 N–H and O–H groups in total. The van der Waals surface area contributed by atoms with Crippen molar-refractivity contribution < 1.29 is 23.8 Å². The first-order valence-electron chi connectivity index (χ1n) is 13.8. The number of carbonyl (C=O) groups is 2. The number of rotatable bonds is 8. The Balaban J connectivity index is 1.45. The summed E-state index contributed by atoms with van der Waals surface area (Å²) in [6.45, 7) is 6.96. The lowest BCUT2D eigenvalue weighted by Gasteiger charge is -2.36. The third-order valence-electron chi connectivity index (χ3n) is 7.33. The zero-order valence-corrected chi connectivity index (χ0v) is 24.0. The van der Waals surface area contributed by atoms with E-state index in [9.17, 15) is 9.59 Å². The van der Waals surface area contributed by atoms with E-state index in [0.29, 0.717) is 31.9 Å². The standard InChI is InChI=1S/C33H37N3O5/c1-32(2,3)41-31(38)35-27-15-9-8-14-25(27)26-19-34-18-17-33(26)29-24(13-10-16-28(29)36(4)30(33)37)21-40-22-39-20-23-11-6-5-7-12-23/h5-16,19,34H,17-18,20-22H2,1-4H3,(H,35,38). The van der Waals surface area contributed by atoms with E-state index in [1.54, 1.807) is 4.90 Å². The molecule has 214 valence electrons. The van der Waals surface area contributed by atoms with Gasteiger partial charge in [0.25, 0.3) is 0 Å². The number of carbonyl (C=O) groups excluding carboxylic acids is 2. The van der Waals surface area contributed by atoms with Crippen LogP contribution in [0.2, 0.25) is 0 Å². The average molecular weight is 556 g/mol. The Morgan fingerprint density at radius 2 is 1.71 bits per heavy atom. The SMILES string of the molecule is CN1C(=O)C2(CCNC=C2c2ccccc2NC(=O)OC(C)(C)C)c2c(COCOCc3ccccc3)cccc21. The molecule has 8 heteroatoms. The van der Waals surface area contributed by atoms with E-state index in [-0.39, 0.29) is 12.7 Å². The van der Waals surface area contributed by atoms with Gasteiger partial charge in [-0.3, -0.25) is 10.1 Å². The molecule has 8 nitrogen and oxygen atoms in total. The molecule has 2 aliphatic rings. The van der Waals surface area contributed by atoms with Crippen LogP contribution >= 0.6 is 0 Å². The van der Waals surface area contributed by atoms with E-state index < -0.39 is 17.1 Å². The maximum atomic E-state index is 14.2. The monoisotopic (exact) mass is 555 g/mol. The number of nitrogens with one attached hydrogen (secondary N) is 2. The molecule has 1 atom stereocenters. The second-order valence-electron chi connectivity index (χ2n) is 11.3. The van der Waals surface area contributed by atoms with Gasteiger partial charge in [0, 0.05) is 36.6 Å². The van der Waals surface area contributed by atoms with Crippen LogP contribution in [0.15, 0.2) is 79.0 Å². The Morgan fingerprint density at radius 1 is 0.976 bits per heavy atom. The highest BCUT2D eigenvalue weighted by atomic mass is 16.7. The predicted molar refractivity (Wildman–Crippen MR) is 159 cm³/mol. The normalized spacial score (nSPS) is 18.1. The van der Waals surface area contributed by atoms with Crippen LogP contribution in [0, 0.1) is 0 Å². The van der Waals surface area contributed by atoms with E-state index in [1.807, 2.05) is 107 Å². The third kappa shape index (κ3) is 5.85. The van der Waals surface area contributed by atoms with Crippen molar-refractivity contribution in [3.05, 3.63) is 101 Å². The molecule has 0 bridgehead atoms. The van der Waals surface area contributed by atoms with Gasteiger partial charge in [0.1, 0.15) is 17.8 Å². The van der Waals surface area contributed by atoms with Gasteiger partial charge < -0.3 is 24.4 Å². The number of ether oxygens (including phenoxy) is 3. The van der Waals surface area contributed by atoms with Crippen LogP contribution < -0.4 is 15.5 Å². The van der Waals surface area contributed by atoms with Crippen LogP contribution in [-0.4, -0.2) is 38.0 Å². The number of hydrogen-bond acceptors (Lipinski definition) is 6. The zero-order valence-electron chi connectivity index (χ0n) is 24.0. The fourth-order valence-electron chi connectivity index (χ4n) is 5.65. The molecule has 41 heavy (non-hydrogen) atoms. The Hall–Kier alpha value is -4.14. The number of para-hydroxylation sites is 1. The Kier molecular flexibility index (Phi) is 8.15. The van der Waals surface area contributed by atoms with Gasteiger partial charge in [-0.05, 0) is 56.0 Å². The summed E-state index contributed by atoms with van der Waals surface area (Å²) < 4.78 is 17.2. The summed E-state index contributed by atoms with van der Waals surface area (Å²) in [5, 5.41) is 6.24. The van der Waals surface area contributed by atoms with E-state index in [4.69, 9.17) is 14.2 Å². The second-order valence-corrected chi connectivity index (χ2v) is 11.3. The number of hydrogen-bond donors (Lipinski definition) is 2. The molecular weight excluding hydrogens is 518 g/mol. The van der Waals surface area contributed by atoms with Gasteiger partial charge >= 0.3 is 6.09 Å². The van der Waals surface area contributed by atoms with E-state index in [1.165, 1.54) is 0 Å². The van der Waals surface area contributed by atoms with Crippen molar-refractivity contribution in [1.29, 1.82) is 0 Å². The Labute approximate surface area is 241 Å². The highest BCUT2D eigenvalue weighted by molar-refractivity contribution is 6.17. The average Bonchev–Trinajstić information content (AvgIpc) is 3.16. The van der Waals surface area contributed by atoms with Gasteiger partial charge in [-0.25, -0.2) is 4.79 Å². The summed E-state index contributed by atoms with van der Waals surface area (Å²) in [5.41, 5.74) is 4.30. The molecule has 0 saturated carbocycles. The summed E-state index contributed by atoms with van der Waals surface area (Å²) in [4.78, 5) is 28.7. The molecule has 1 spiro atoms. The third-order valence-corrected chi connectivity index (χ3v) is 7.33. The van der Waals surface area contributed by atoms with Crippen molar-refractivity contribution in [3.8, 4) is 0 Å². The molecule has 0 aliphatic carbocycles. The molecule has 0 aromatic heterocycles. The first kappa shape index (κ1) is 28.4. The molecule has 2 aliphatic heterocycles. The maximum Gasteiger partial charge on any atom is 0.412 e. The van der Waals surface area contributed by atoms with Crippen LogP contribution in [0.3, 0.4) is 0 Å². The minimum Gasteiger partial charge on any atom is -0.444 e. The largest absolute Gasteiger partial charge is 0.444 e. The smallest absolute Gasteiger partial charge is 0.412 e. The van der Waals surface area contributed by atoms with Gasteiger partial charge in [-0.1, -0.05) is 60.7 Å². The molecule has 3 aromatic rings. The van der Waals surface area contributed by atoms with E-state index >= 15 is 0 Å². The number of anilines is 2. The molecule has 0 saturated heterocycles. The first-order chi connectivity index (χ1) is 19.7. The lowest BCUT2D eigenvalue weighted by Crippen LogP contribution is -2.44. The molecular formula is C33H37N3O5. The molecule has 3 aromatic carbocycles. The van der Waals surface area contributed by atoms with Crippen molar-refractivity contribution in [2.45, 2.75) is 51.4 Å². The molecule has 0 radical (unpaired) electrons. The van der Waals surface area contributed by atoms with Crippen molar-refractivity contribution in [3.63, 3.8) is 0 Å². The highest BCUT2D eigenvalue weighted by Crippen LogP contribution is 2.54. The van der Waals surface area contributed by atoms with Gasteiger partial charge in [-0.2, -0.15) is 0 Å². The van der Waals surface area contributed by atoms with Gasteiger partial charge in [0.05, 0.1) is 18.9 Å². The fraction of sp³-hybridized carbons (Fsp3) is 0.333. The fourth-order valence-corrected chi connectivity index (χ4v) is 5.65. The van der Waals surface area contributed by atoms with Crippen LogP contribution in [0.4, 0.5) is 16.2 Å². The van der Waals surface area contributed by atoms with Crippen molar-refractivity contribution >= 4 is 28.9 Å². The van der Waals surface area contributed by atoms with Crippen LogP contribution in [0.25, 0.3) is 5.57 Å². The topological polar surface area (TPSA) is 89.1 Å². The van der Waals surface area contributed by atoms with E-state index in [0.717, 1.165) is 33.5 Å². The van der Waals surface area contributed by atoms with Crippen LogP contribution in [0.5, 0.6) is 0 Å². The maximum absolute atomic E-state index is 14.2. The molecule has 2 heterocycles. The second kappa shape index (κ2) is 11.8. The zero-order chi connectivity index (χ0) is 29.0. The molecule has 5 rings (SSSR count). The van der Waals surface area contributed by atoms with E-state index in [2.05, 4.69) is 10.6 Å². The number of fused-ring (bicyclic) bond motifs is 2. The summed E-state index contributed by atoms with van der Waals surface area (Å²) in [5.74, 6) is -0.0138. The lowest BCUT2D eigenvalue weighted by atomic mass is 9.67. The molecule has 1 unspecified atom stereocenters. The first-order valence-corrected chi connectivity index (χ1v) is 13.8. The Bertz CT molecular complexity index is 1450. The summed E-state index contributed by atoms with van der Waals surface area (Å²) in [6.07, 6.45) is 1.90. The van der Waals surface area contributed by atoms with Crippen molar-refractivity contribution in [2.24, 2.45) is 0 Å². The number of nitrogens with zero attached hydrogens (tertiary/aromatic N) is 1. The summed E-state index contributed by atoms with van der Waals surface area (Å²) in [7, 11) is 1.81. The minimum absolute atomic E-state index is 0.0138. The molecule has 0 fully saturated rings. The van der Waals surface area contributed by atoms with Gasteiger partial charge in [0.15, 0.2) is 0 Å².